The molecule has 3 aromatic rings. The van der Waals surface area contributed by atoms with Gasteiger partial charge in [-0.1, -0.05) is 67.6 Å². The summed E-state index contributed by atoms with van der Waals surface area (Å²) in [4.78, 5) is 33.4. The van der Waals surface area contributed by atoms with Gasteiger partial charge in [0.15, 0.2) is 0 Å². The predicted octanol–water partition coefficient (Wildman–Crippen LogP) is 6.03. The number of aryl methyl sites for hydroxylation is 1. The maximum Gasteiger partial charge on any atom is 0.242 e. The van der Waals surface area contributed by atoms with Crippen LogP contribution in [0.25, 0.3) is 0 Å². The Kier molecular flexibility index (Phi) is 11.2. The molecule has 3 rings (SSSR count). The van der Waals surface area contributed by atoms with E-state index in [-0.39, 0.29) is 24.3 Å². The maximum atomic E-state index is 13.7. The second-order valence-corrected chi connectivity index (χ2v) is 10.3. The lowest BCUT2D eigenvalue weighted by molar-refractivity contribution is -0.142. The Morgan fingerprint density at radius 1 is 0.889 bits per heavy atom. The van der Waals surface area contributed by atoms with Gasteiger partial charge in [-0.05, 0) is 49.9 Å². The Bertz CT molecular complexity index is 1070. The Hall–Kier alpha value is -2.96. The van der Waals surface area contributed by atoms with Crippen LogP contribution in [-0.4, -0.2) is 47.9 Å². The number of benzene rings is 2. The summed E-state index contributed by atoms with van der Waals surface area (Å²) in [7, 11) is 0. The molecule has 0 saturated carbocycles. The molecule has 0 N–H and O–H groups in total. The number of rotatable bonds is 14. The standard InChI is InChI=1S/C30H38N2O3S/c1-4-28(26-15-10-7-11-16-26)30(34)31(19-12-20-35-5-2)23-29(33)32(21-25-13-8-6-9-14-25)22-27-18-17-24(3)36-27/h6-11,13-18,28H,4-5,12,19-23H2,1-3H3/t28-/m1/s1. The third kappa shape index (κ3) is 8.32. The van der Waals surface area contributed by atoms with Gasteiger partial charge in [0.2, 0.25) is 11.8 Å². The summed E-state index contributed by atoms with van der Waals surface area (Å²) < 4.78 is 5.52. The van der Waals surface area contributed by atoms with Crippen molar-refractivity contribution in [1.29, 1.82) is 0 Å². The Balaban J connectivity index is 1.80. The molecule has 6 heteroatoms. The van der Waals surface area contributed by atoms with Crippen LogP contribution in [0.4, 0.5) is 0 Å². The fourth-order valence-corrected chi connectivity index (χ4v) is 5.19. The molecular formula is C30H38N2O3S. The fraction of sp³-hybridized carbons (Fsp3) is 0.400. The average molecular weight is 507 g/mol. The van der Waals surface area contributed by atoms with Gasteiger partial charge in [0, 0.05) is 36.1 Å². The minimum absolute atomic E-state index is 0.000164. The highest BCUT2D eigenvalue weighted by atomic mass is 32.1. The molecule has 1 aromatic heterocycles. The van der Waals surface area contributed by atoms with E-state index in [1.807, 2.05) is 79.4 Å². The SMILES string of the molecule is CCOCCCN(CC(=O)N(Cc1ccccc1)Cc1ccc(C)s1)C(=O)[C@H](CC)c1ccccc1. The lowest BCUT2D eigenvalue weighted by Crippen LogP contribution is -2.44. The van der Waals surface area contributed by atoms with Crippen molar-refractivity contribution in [3.8, 4) is 0 Å². The third-order valence-electron chi connectivity index (χ3n) is 6.18. The molecule has 0 spiro atoms. The Morgan fingerprint density at radius 3 is 2.19 bits per heavy atom. The number of hydrogen-bond donors (Lipinski definition) is 0. The number of carbonyl (C=O) groups excluding carboxylic acids is 2. The van der Waals surface area contributed by atoms with E-state index in [1.54, 1.807) is 16.2 Å². The topological polar surface area (TPSA) is 49.9 Å². The molecular weight excluding hydrogens is 468 g/mol. The number of nitrogens with zero attached hydrogens (tertiary/aromatic N) is 2. The molecule has 0 unspecified atom stereocenters. The fourth-order valence-electron chi connectivity index (χ4n) is 4.29. The van der Waals surface area contributed by atoms with Crippen LogP contribution in [0, 0.1) is 6.92 Å². The third-order valence-corrected chi connectivity index (χ3v) is 7.16. The van der Waals surface area contributed by atoms with Crippen LogP contribution in [0.15, 0.2) is 72.8 Å². The summed E-state index contributed by atoms with van der Waals surface area (Å²) in [6, 6.07) is 24.1. The van der Waals surface area contributed by atoms with Crippen molar-refractivity contribution in [2.24, 2.45) is 0 Å². The molecule has 0 radical (unpaired) electrons. The zero-order valence-electron chi connectivity index (χ0n) is 21.7. The van der Waals surface area contributed by atoms with Crippen LogP contribution in [0.2, 0.25) is 0 Å². The summed E-state index contributed by atoms with van der Waals surface area (Å²) in [6.07, 6.45) is 1.38. The first-order valence-electron chi connectivity index (χ1n) is 12.8. The van der Waals surface area contributed by atoms with Crippen LogP contribution in [0.3, 0.4) is 0 Å². The molecule has 5 nitrogen and oxygen atoms in total. The van der Waals surface area contributed by atoms with Gasteiger partial charge >= 0.3 is 0 Å². The van der Waals surface area contributed by atoms with Gasteiger partial charge in [-0.15, -0.1) is 11.3 Å². The highest BCUT2D eigenvalue weighted by Gasteiger charge is 2.27. The summed E-state index contributed by atoms with van der Waals surface area (Å²) >= 11 is 1.70. The van der Waals surface area contributed by atoms with Crippen molar-refractivity contribution in [3.63, 3.8) is 0 Å². The van der Waals surface area contributed by atoms with Gasteiger partial charge in [-0.25, -0.2) is 0 Å². The molecule has 1 heterocycles. The first kappa shape index (κ1) is 27.6. The molecule has 0 bridgehead atoms. The molecule has 0 aliphatic carbocycles. The van der Waals surface area contributed by atoms with E-state index in [9.17, 15) is 9.59 Å². The van der Waals surface area contributed by atoms with Crippen molar-refractivity contribution in [2.45, 2.75) is 52.6 Å². The van der Waals surface area contributed by atoms with Crippen LogP contribution < -0.4 is 0 Å². The Labute approximate surface area is 219 Å². The van der Waals surface area contributed by atoms with Gasteiger partial charge in [0.05, 0.1) is 19.0 Å². The highest BCUT2D eigenvalue weighted by molar-refractivity contribution is 7.11. The maximum absolute atomic E-state index is 13.7. The molecule has 1 atom stereocenters. The lowest BCUT2D eigenvalue weighted by Gasteiger charge is -2.30. The number of thiophene rings is 1. The molecule has 192 valence electrons. The van der Waals surface area contributed by atoms with Crippen molar-refractivity contribution in [2.75, 3.05) is 26.3 Å². The second-order valence-electron chi connectivity index (χ2n) is 8.93. The molecule has 2 aromatic carbocycles. The predicted molar refractivity (Wildman–Crippen MR) is 147 cm³/mol. The van der Waals surface area contributed by atoms with Crippen molar-refractivity contribution in [3.05, 3.63) is 93.7 Å². The molecule has 2 amide bonds. The van der Waals surface area contributed by atoms with Crippen LogP contribution in [-0.2, 0) is 27.4 Å². The largest absolute Gasteiger partial charge is 0.382 e. The van der Waals surface area contributed by atoms with E-state index in [1.165, 1.54) is 4.88 Å². The molecule has 36 heavy (non-hydrogen) atoms. The van der Waals surface area contributed by atoms with Gasteiger partial charge in [-0.2, -0.15) is 0 Å². The van der Waals surface area contributed by atoms with Crippen LogP contribution >= 0.6 is 11.3 Å². The smallest absolute Gasteiger partial charge is 0.242 e. The van der Waals surface area contributed by atoms with Crippen molar-refractivity contribution in [1.82, 2.24) is 9.80 Å². The zero-order valence-corrected chi connectivity index (χ0v) is 22.5. The Morgan fingerprint density at radius 2 is 1.58 bits per heavy atom. The van der Waals surface area contributed by atoms with E-state index < -0.39 is 0 Å². The first-order valence-corrected chi connectivity index (χ1v) is 13.6. The normalized spacial score (nSPS) is 11.8. The minimum Gasteiger partial charge on any atom is -0.382 e. The highest BCUT2D eigenvalue weighted by Crippen LogP contribution is 2.23. The minimum atomic E-state index is -0.270. The number of amides is 2. The van der Waals surface area contributed by atoms with E-state index in [2.05, 4.69) is 19.1 Å². The molecule has 0 fully saturated rings. The van der Waals surface area contributed by atoms with Gasteiger partial charge in [-0.3, -0.25) is 9.59 Å². The summed E-state index contributed by atoms with van der Waals surface area (Å²) in [5.74, 6) is -0.314. The van der Waals surface area contributed by atoms with Gasteiger partial charge < -0.3 is 14.5 Å². The average Bonchev–Trinajstić information content (AvgIpc) is 3.31. The second kappa shape index (κ2) is 14.6. The van der Waals surface area contributed by atoms with E-state index in [0.717, 1.165) is 16.0 Å². The summed E-state index contributed by atoms with van der Waals surface area (Å²) in [6.45, 7) is 8.86. The van der Waals surface area contributed by atoms with E-state index >= 15 is 0 Å². The van der Waals surface area contributed by atoms with E-state index in [4.69, 9.17) is 4.74 Å². The monoisotopic (exact) mass is 506 g/mol. The summed E-state index contributed by atoms with van der Waals surface area (Å²) in [5.41, 5.74) is 2.06. The van der Waals surface area contributed by atoms with Gasteiger partial charge in [0.25, 0.3) is 0 Å². The summed E-state index contributed by atoms with van der Waals surface area (Å²) in [5, 5.41) is 0. The van der Waals surface area contributed by atoms with Crippen molar-refractivity contribution < 1.29 is 14.3 Å². The van der Waals surface area contributed by atoms with Crippen molar-refractivity contribution >= 4 is 23.2 Å². The molecule has 0 aliphatic heterocycles. The molecule has 0 saturated heterocycles. The number of hydrogen-bond acceptors (Lipinski definition) is 4. The van der Waals surface area contributed by atoms with Gasteiger partial charge in [0.1, 0.15) is 0 Å². The van der Waals surface area contributed by atoms with Crippen LogP contribution in [0.1, 0.15) is 53.5 Å². The quantitative estimate of drug-likeness (QED) is 0.251. The first-order chi connectivity index (χ1) is 17.5. The molecule has 0 aliphatic rings. The number of carbonyl (C=O) groups is 2. The zero-order chi connectivity index (χ0) is 25.8. The number of ether oxygens (including phenoxy) is 1. The lowest BCUT2D eigenvalue weighted by atomic mass is 9.95. The van der Waals surface area contributed by atoms with Crippen LogP contribution in [0.5, 0.6) is 0 Å². The van der Waals surface area contributed by atoms with E-state index in [0.29, 0.717) is 45.7 Å².